The van der Waals surface area contributed by atoms with Gasteiger partial charge in [-0.1, -0.05) is 12.8 Å². The molecule has 0 bridgehead atoms. The monoisotopic (exact) mass is 428 g/mol. The summed E-state index contributed by atoms with van der Waals surface area (Å²) in [6, 6.07) is -0.268. The Labute approximate surface area is 182 Å². The number of nitrogens with zero attached hydrogens (tertiary/aromatic N) is 2. The van der Waals surface area contributed by atoms with E-state index in [-0.39, 0.29) is 24.3 Å². The second-order valence-corrected chi connectivity index (χ2v) is 10.1. The summed E-state index contributed by atoms with van der Waals surface area (Å²) in [4.78, 5) is 29.7. The van der Waals surface area contributed by atoms with E-state index < -0.39 is 11.2 Å². The van der Waals surface area contributed by atoms with Gasteiger partial charge in [0.05, 0.1) is 12.1 Å². The lowest BCUT2D eigenvalue weighted by Crippen LogP contribution is -2.58. The van der Waals surface area contributed by atoms with Crippen LogP contribution in [0.5, 0.6) is 0 Å². The number of amides is 2. The van der Waals surface area contributed by atoms with Crippen molar-refractivity contribution in [1.82, 2.24) is 9.80 Å². The third kappa shape index (κ3) is 9.08. The average Bonchev–Trinajstić information content (AvgIpc) is 2.60. The van der Waals surface area contributed by atoms with Crippen molar-refractivity contribution in [1.29, 1.82) is 0 Å². The molecule has 4 N–H and O–H groups in total. The molecule has 0 aromatic heterocycles. The molecule has 0 spiro atoms. The second-order valence-electron chi connectivity index (χ2n) is 10.1. The van der Waals surface area contributed by atoms with Gasteiger partial charge in [-0.3, -0.25) is 0 Å². The fourth-order valence-corrected chi connectivity index (χ4v) is 3.77. The number of hydrogen-bond acceptors (Lipinski definition) is 6. The van der Waals surface area contributed by atoms with Crippen LogP contribution in [0.1, 0.15) is 80.1 Å². The summed E-state index contributed by atoms with van der Waals surface area (Å²) in [6.45, 7) is 13.1. The molecule has 2 unspecified atom stereocenters. The molecular formula is C22H44N4O4. The van der Waals surface area contributed by atoms with E-state index in [1.54, 1.807) is 9.80 Å². The predicted octanol–water partition coefficient (Wildman–Crippen LogP) is 3.47. The van der Waals surface area contributed by atoms with Crippen molar-refractivity contribution < 1.29 is 19.1 Å². The number of nitrogens with two attached hydrogens (primary N) is 2. The zero-order chi connectivity index (χ0) is 22.9. The standard InChI is InChI=1S/C22H44N4O4/c1-21(2,3)29-19(27)25(15-9-13-23)17-11-7-8-12-18(17)26(16-10-14-24)20(28)30-22(4,5)6/h17-18H,7-16,23-24H2,1-6H3. The van der Waals surface area contributed by atoms with Crippen LogP contribution in [0.15, 0.2) is 0 Å². The van der Waals surface area contributed by atoms with Crippen LogP contribution in [0.3, 0.4) is 0 Å². The van der Waals surface area contributed by atoms with Gasteiger partial charge in [-0.25, -0.2) is 9.59 Å². The third-order valence-corrected chi connectivity index (χ3v) is 4.96. The van der Waals surface area contributed by atoms with Crippen molar-refractivity contribution in [2.75, 3.05) is 26.2 Å². The molecule has 30 heavy (non-hydrogen) atoms. The predicted molar refractivity (Wildman–Crippen MR) is 119 cm³/mol. The molecule has 8 nitrogen and oxygen atoms in total. The molecule has 0 heterocycles. The van der Waals surface area contributed by atoms with E-state index in [0.29, 0.717) is 39.0 Å². The van der Waals surface area contributed by atoms with Crippen LogP contribution in [0.2, 0.25) is 0 Å². The van der Waals surface area contributed by atoms with E-state index >= 15 is 0 Å². The molecule has 8 heteroatoms. The second kappa shape index (κ2) is 11.7. The van der Waals surface area contributed by atoms with Crippen molar-refractivity contribution in [3.63, 3.8) is 0 Å². The Hall–Kier alpha value is -1.54. The van der Waals surface area contributed by atoms with Crippen LogP contribution in [0.4, 0.5) is 9.59 Å². The van der Waals surface area contributed by atoms with Gasteiger partial charge in [0.2, 0.25) is 0 Å². The fraction of sp³-hybridized carbons (Fsp3) is 0.909. The minimum Gasteiger partial charge on any atom is -0.444 e. The fourth-order valence-electron chi connectivity index (χ4n) is 3.77. The van der Waals surface area contributed by atoms with Crippen LogP contribution in [0.25, 0.3) is 0 Å². The molecule has 0 aromatic rings. The molecule has 0 aliphatic heterocycles. The highest BCUT2D eigenvalue weighted by atomic mass is 16.6. The van der Waals surface area contributed by atoms with Crippen LogP contribution in [-0.2, 0) is 9.47 Å². The molecule has 2 atom stereocenters. The highest BCUT2D eigenvalue weighted by molar-refractivity contribution is 5.70. The van der Waals surface area contributed by atoms with Gasteiger partial charge < -0.3 is 30.7 Å². The van der Waals surface area contributed by atoms with Crippen LogP contribution in [0, 0.1) is 0 Å². The Balaban J connectivity index is 3.18. The van der Waals surface area contributed by atoms with Gasteiger partial charge in [-0.15, -0.1) is 0 Å². The molecule has 176 valence electrons. The minimum absolute atomic E-state index is 0.134. The Bertz CT molecular complexity index is 494. The maximum Gasteiger partial charge on any atom is 0.410 e. The number of ether oxygens (including phenoxy) is 2. The molecule has 2 amide bonds. The van der Waals surface area contributed by atoms with Crippen LogP contribution >= 0.6 is 0 Å². The highest BCUT2D eigenvalue weighted by Crippen LogP contribution is 2.30. The molecule has 1 saturated carbocycles. The molecule has 1 aliphatic rings. The average molecular weight is 429 g/mol. The first-order valence-corrected chi connectivity index (χ1v) is 11.3. The number of carbonyl (C=O) groups is 2. The number of hydrogen-bond donors (Lipinski definition) is 2. The van der Waals surface area contributed by atoms with Gasteiger partial charge >= 0.3 is 12.2 Å². The normalized spacial score (nSPS) is 19.9. The first kappa shape index (κ1) is 26.5. The first-order valence-electron chi connectivity index (χ1n) is 11.3. The molecule has 0 aromatic carbocycles. The molecule has 1 fully saturated rings. The van der Waals surface area contributed by atoms with Gasteiger partial charge in [0.1, 0.15) is 11.2 Å². The zero-order valence-corrected chi connectivity index (χ0v) is 19.9. The summed E-state index contributed by atoms with van der Waals surface area (Å²) in [7, 11) is 0. The van der Waals surface area contributed by atoms with Gasteiger partial charge in [-0.05, 0) is 80.3 Å². The van der Waals surface area contributed by atoms with Crippen molar-refractivity contribution in [2.24, 2.45) is 11.5 Å². The van der Waals surface area contributed by atoms with E-state index in [2.05, 4.69) is 0 Å². The zero-order valence-electron chi connectivity index (χ0n) is 19.9. The Morgan fingerprint density at radius 1 is 0.767 bits per heavy atom. The molecule has 0 saturated heterocycles. The van der Waals surface area contributed by atoms with E-state index in [0.717, 1.165) is 25.7 Å². The summed E-state index contributed by atoms with van der Waals surface area (Å²) >= 11 is 0. The van der Waals surface area contributed by atoms with E-state index in [1.165, 1.54) is 0 Å². The lowest BCUT2D eigenvalue weighted by Gasteiger charge is -2.45. The lowest BCUT2D eigenvalue weighted by molar-refractivity contribution is -0.0198. The Kier molecular flexibility index (Phi) is 10.4. The molecular weight excluding hydrogens is 384 g/mol. The maximum atomic E-state index is 13.1. The molecule has 1 rings (SSSR count). The third-order valence-electron chi connectivity index (χ3n) is 4.96. The summed E-state index contributed by atoms with van der Waals surface area (Å²) in [5.41, 5.74) is 10.3. The summed E-state index contributed by atoms with van der Waals surface area (Å²) < 4.78 is 11.4. The Morgan fingerprint density at radius 3 is 1.37 bits per heavy atom. The van der Waals surface area contributed by atoms with Crippen molar-refractivity contribution >= 4 is 12.2 Å². The van der Waals surface area contributed by atoms with E-state index in [4.69, 9.17) is 20.9 Å². The minimum atomic E-state index is -0.591. The quantitative estimate of drug-likeness (QED) is 0.612. The van der Waals surface area contributed by atoms with Gasteiger partial charge in [-0.2, -0.15) is 0 Å². The number of rotatable bonds is 8. The Morgan fingerprint density at radius 2 is 1.10 bits per heavy atom. The summed E-state index contributed by atoms with van der Waals surface area (Å²) in [5, 5.41) is 0. The smallest absolute Gasteiger partial charge is 0.410 e. The lowest BCUT2D eigenvalue weighted by atomic mass is 9.88. The largest absolute Gasteiger partial charge is 0.444 e. The summed E-state index contributed by atoms with van der Waals surface area (Å²) in [5.74, 6) is 0. The van der Waals surface area contributed by atoms with Crippen molar-refractivity contribution in [2.45, 2.75) is 103 Å². The highest BCUT2D eigenvalue weighted by Gasteiger charge is 2.40. The summed E-state index contributed by atoms with van der Waals surface area (Å²) in [6.07, 6.45) is 4.29. The topological polar surface area (TPSA) is 111 Å². The van der Waals surface area contributed by atoms with E-state index in [9.17, 15) is 9.59 Å². The molecule has 0 radical (unpaired) electrons. The van der Waals surface area contributed by atoms with Gasteiger partial charge in [0.25, 0.3) is 0 Å². The molecule has 1 aliphatic carbocycles. The van der Waals surface area contributed by atoms with E-state index in [1.807, 2.05) is 41.5 Å². The van der Waals surface area contributed by atoms with Gasteiger partial charge in [0, 0.05) is 13.1 Å². The van der Waals surface area contributed by atoms with Crippen LogP contribution < -0.4 is 11.5 Å². The number of carbonyl (C=O) groups excluding carboxylic acids is 2. The first-order chi connectivity index (χ1) is 13.9. The van der Waals surface area contributed by atoms with Crippen LogP contribution in [-0.4, -0.2) is 71.5 Å². The van der Waals surface area contributed by atoms with Crippen molar-refractivity contribution in [3.05, 3.63) is 0 Å². The maximum absolute atomic E-state index is 13.1. The SMILES string of the molecule is CC(C)(C)OC(=O)N(CCCN)C1CCCCC1N(CCCN)C(=O)OC(C)(C)C. The van der Waals surface area contributed by atoms with Gasteiger partial charge in [0.15, 0.2) is 0 Å². The van der Waals surface area contributed by atoms with Crippen molar-refractivity contribution in [3.8, 4) is 0 Å².